The molecule has 0 aliphatic carbocycles. The minimum atomic E-state index is -3.04. The quantitative estimate of drug-likeness (QED) is 0.0463. The molecule has 0 fully saturated rings. The molecule has 236 valence electrons. The van der Waals surface area contributed by atoms with Crippen LogP contribution in [0.15, 0.2) is 0 Å². The van der Waals surface area contributed by atoms with Crippen molar-refractivity contribution in [3.63, 3.8) is 0 Å². The van der Waals surface area contributed by atoms with Crippen LogP contribution in [0.4, 0.5) is 0 Å². The molecule has 0 spiro atoms. The summed E-state index contributed by atoms with van der Waals surface area (Å²) < 4.78 is 12.6. The fourth-order valence-electron chi connectivity index (χ4n) is 5.36. The van der Waals surface area contributed by atoms with Crippen LogP contribution in [0.2, 0.25) is 4.44 Å². The summed E-state index contributed by atoms with van der Waals surface area (Å²) in [4.78, 5) is 0. The van der Waals surface area contributed by atoms with E-state index in [2.05, 4.69) is 57.3 Å². The Hall–Kier alpha value is -0.521. The molecule has 0 heterocycles. The Kier molecular flexibility index (Phi) is 33.5. The Morgan fingerprint density at radius 3 is 0.805 bits per heavy atom. The second-order valence-corrected chi connectivity index (χ2v) is 21.3. The van der Waals surface area contributed by atoms with Gasteiger partial charge >= 0.3 is 202 Å². The molecule has 0 saturated heterocycles. The van der Waals surface area contributed by atoms with E-state index in [-0.39, 0.29) is 0 Å². The normalized spacial score (nSPS) is 10.8. The van der Waals surface area contributed by atoms with Gasteiger partial charge in [0.2, 0.25) is 0 Å². The van der Waals surface area contributed by atoms with E-state index in [4.69, 9.17) is 0 Å². The van der Waals surface area contributed by atoms with Crippen molar-refractivity contribution >= 4 is 18.4 Å². The SMILES string of the molecule is CCCCC#[C][Sn]([C]#CCCCC)([C]#CCCCC)[CH2]CCCCCCCCCCCCCCCCCCCCC. The van der Waals surface area contributed by atoms with Crippen molar-refractivity contribution < 1.29 is 0 Å². The van der Waals surface area contributed by atoms with Crippen molar-refractivity contribution in [1.29, 1.82) is 0 Å². The Labute approximate surface area is 265 Å². The number of hydrogen-bond donors (Lipinski definition) is 0. The molecule has 0 unspecified atom stereocenters. The summed E-state index contributed by atoms with van der Waals surface area (Å²) in [5.41, 5.74) is 0. The van der Waals surface area contributed by atoms with Crippen LogP contribution in [0.1, 0.15) is 214 Å². The van der Waals surface area contributed by atoms with Gasteiger partial charge in [-0.1, -0.05) is 64.7 Å². The molecule has 0 aromatic rings. The van der Waals surface area contributed by atoms with Crippen molar-refractivity contribution in [1.82, 2.24) is 0 Å². The van der Waals surface area contributed by atoms with Crippen molar-refractivity contribution in [3.05, 3.63) is 0 Å². The average Bonchev–Trinajstić information content (AvgIpc) is 2.98. The van der Waals surface area contributed by atoms with Gasteiger partial charge in [0.15, 0.2) is 0 Å². The first-order valence-electron chi connectivity index (χ1n) is 18.7. The number of hydrogen-bond acceptors (Lipinski definition) is 0. The third kappa shape index (κ3) is 29.3. The second kappa shape index (κ2) is 34.0. The van der Waals surface area contributed by atoms with Gasteiger partial charge < -0.3 is 0 Å². The fraction of sp³-hybridized carbons (Fsp3) is 0.850. The Morgan fingerprint density at radius 2 is 0.537 bits per heavy atom. The van der Waals surface area contributed by atoms with E-state index in [1.165, 1.54) is 171 Å². The fourth-order valence-corrected chi connectivity index (χ4v) is 12.8. The predicted molar refractivity (Wildman–Crippen MR) is 190 cm³/mol. The summed E-state index contributed by atoms with van der Waals surface area (Å²) in [6, 6.07) is 0. The van der Waals surface area contributed by atoms with Gasteiger partial charge in [-0.05, 0) is 0 Å². The summed E-state index contributed by atoms with van der Waals surface area (Å²) in [6.45, 7) is 9.07. The molecule has 0 bridgehead atoms. The van der Waals surface area contributed by atoms with E-state index >= 15 is 0 Å². The monoisotopic (exact) mass is 672 g/mol. The van der Waals surface area contributed by atoms with E-state index in [1.807, 2.05) is 0 Å². The molecule has 1 heteroatoms. The molecule has 41 heavy (non-hydrogen) atoms. The molecular formula is C40H72Sn. The molecule has 0 aromatic carbocycles. The Morgan fingerprint density at radius 1 is 0.293 bits per heavy atom. The maximum atomic E-state index is 3.80. The van der Waals surface area contributed by atoms with Gasteiger partial charge in [0.1, 0.15) is 0 Å². The number of unbranched alkanes of at least 4 members (excludes halogenated alkanes) is 25. The number of rotatable bonds is 27. The summed E-state index contributed by atoms with van der Waals surface area (Å²) in [7, 11) is 0. The van der Waals surface area contributed by atoms with Crippen molar-refractivity contribution in [3.8, 4) is 29.6 Å². The molecular weight excluding hydrogens is 599 g/mol. The average molecular weight is 672 g/mol. The first-order chi connectivity index (χ1) is 20.2. The zero-order valence-corrected chi connectivity index (χ0v) is 31.6. The van der Waals surface area contributed by atoms with Crippen LogP contribution in [0.5, 0.6) is 0 Å². The van der Waals surface area contributed by atoms with Crippen LogP contribution in [-0.4, -0.2) is 18.4 Å². The molecule has 0 saturated carbocycles. The van der Waals surface area contributed by atoms with Gasteiger partial charge in [0.05, 0.1) is 0 Å². The topological polar surface area (TPSA) is 0 Å². The molecule has 0 N–H and O–H groups in total. The molecule has 0 rings (SSSR count). The zero-order valence-electron chi connectivity index (χ0n) is 28.7. The van der Waals surface area contributed by atoms with Crippen LogP contribution in [0.25, 0.3) is 0 Å². The van der Waals surface area contributed by atoms with Crippen LogP contribution in [0, 0.1) is 29.6 Å². The standard InChI is InChI=1S/C22H45.3C6H9.Sn/c1-3-5-7-9-11-13-15-17-19-21-22-20-18-16-14-12-10-8-6-4-2;3*1-3-5-6-4-2;/h1,3-22H2,2H3;3*3,5-6H2,1H3;. The second-order valence-electron chi connectivity index (χ2n) is 12.6. The summed E-state index contributed by atoms with van der Waals surface area (Å²) >= 11 is -3.04. The van der Waals surface area contributed by atoms with E-state index < -0.39 is 18.4 Å². The van der Waals surface area contributed by atoms with Gasteiger partial charge in [0.25, 0.3) is 0 Å². The van der Waals surface area contributed by atoms with Crippen LogP contribution in [-0.2, 0) is 0 Å². The van der Waals surface area contributed by atoms with Crippen LogP contribution < -0.4 is 0 Å². The maximum absolute atomic E-state index is 3.80. The smallest absolute Gasteiger partial charge is 0.0654 e. The molecule has 0 atom stereocenters. The minimum absolute atomic E-state index is 1.03. The van der Waals surface area contributed by atoms with Crippen molar-refractivity contribution in [2.45, 2.75) is 218 Å². The van der Waals surface area contributed by atoms with Gasteiger partial charge in [0, 0.05) is 0 Å². The third-order valence-corrected chi connectivity index (χ3v) is 16.6. The Bertz CT molecular complexity index is 651. The van der Waals surface area contributed by atoms with E-state index in [0.29, 0.717) is 0 Å². The zero-order chi connectivity index (χ0) is 30.0. The minimum Gasteiger partial charge on any atom is -0.0654 e. The summed E-state index contributed by atoms with van der Waals surface area (Å²) in [5, 5.41) is 0. The van der Waals surface area contributed by atoms with Crippen molar-refractivity contribution in [2.24, 2.45) is 0 Å². The molecule has 0 amide bonds. The third-order valence-electron chi connectivity index (χ3n) is 8.28. The van der Waals surface area contributed by atoms with Gasteiger partial charge in [-0.2, -0.15) is 0 Å². The van der Waals surface area contributed by atoms with Gasteiger partial charge in [-0.25, -0.2) is 0 Å². The van der Waals surface area contributed by atoms with Gasteiger partial charge in [-0.3, -0.25) is 0 Å². The van der Waals surface area contributed by atoms with Crippen molar-refractivity contribution in [2.75, 3.05) is 0 Å². The van der Waals surface area contributed by atoms with Gasteiger partial charge in [-0.15, -0.1) is 0 Å². The van der Waals surface area contributed by atoms with E-state index in [9.17, 15) is 0 Å². The Balaban J connectivity index is 4.13. The first-order valence-corrected chi connectivity index (χ1v) is 25.0. The molecule has 0 aliphatic heterocycles. The molecule has 0 aliphatic rings. The van der Waals surface area contributed by atoms with E-state index in [1.54, 1.807) is 0 Å². The van der Waals surface area contributed by atoms with E-state index in [0.717, 1.165) is 19.3 Å². The first kappa shape index (κ1) is 40.5. The molecule has 0 nitrogen and oxygen atoms in total. The molecule has 0 aromatic heterocycles. The summed E-state index contributed by atoms with van der Waals surface area (Å²) in [5.74, 6) is 10.7. The van der Waals surface area contributed by atoms with Crippen LogP contribution >= 0.6 is 0 Å². The molecule has 0 radical (unpaired) electrons. The summed E-state index contributed by atoms with van der Waals surface area (Å²) in [6.07, 6.45) is 39.1. The predicted octanol–water partition coefficient (Wildman–Crippen LogP) is 13.5. The van der Waals surface area contributed by atoms with Crippen LogP contribution in [0.3, 0.4) is 0 Å².